The summed E-state index contributed by atoms with van der Waals surface area (Å²) in [7, 11) is 1.56. The molecule has 0 aliphatic carbocycles. The van der Waals surface area contributed by atoms with E-state index in [-0.39, 0.29) is 18.3 Å². The SMILES string of the molecule is COc1ccc(/C=C2/NC(=S)N(CC(C)C)C2=O)cc1COc1ccccc1F. The fourth-order valence-electron chi connectivity index (χ4n) is 2.99. The summed E-state index contributed by atoms with van der Waals surface area (Å²) >= 11 is 5.28. The summed E-state index contributed by atoms with van der Waals surface area (Å²) < 4.78 is 24.8. The summed E-state index contributed by atoms with van der Waals surface area (Å²) in [5.41, 5.74) is 1.93. The molecule has 1 aliphatic heterocycles. The Hall–Kier alpha value is -2.93. The molecule has 1 saturated heterocycles. The zero-order valence-corrected chi connectivity index (χ0v) is 17.4. The maximum atomic E-state index is 13.8. The van der Waals surface area contributed by atoms with Crippen molar-refractivity contribution >= 4 is 29.3 Å². The number of hydrogen-bond acceptors (Lipinski definition) is 4. The fourth-order valence-corrected chi connectivity index (χ4v) is 3.26. The fraction of sp³-hybridized carbons (Fsp3) is 0.273. The van der Waals surface area contributed by atoms with E-state index in [4.69, 9.17) is 21.7 Å². The van der Waals surface area contributed by atoms with Crippen molar-refractivity contribution in [3.63, 3.8) is 0 Å². The number of ether oxygens (including phenoxy) is 2. The van der Waals surface area contributed by atoms with Crippen LogP contribution < -0.4 is 14.8 Å². The molecular formula is C22H23FN2O3S. The van der Waals surface area contributed by atoms with E-state index >= 15 is 0 Å². The Labute approximate surface area is 175 Å². The number of hydrogen-bond donors (Lipinski definition) is 1. The predicted octanol–water partition coefficient (Wildman–Crippen LogP) is 4.13. The van der Waals surface area contributed by atoms with E-state index in [1.165, 1.54) is 6.07 Å². The van der Waals surface area contributed by atoms with Gasteiger partial charge < -0.3 is 14.8 Å². The van der Waals surface area contributed by atoms with Crippen molar-refractivity contribution < 1.29 is 18.7 Å². The summed E-state index contributed by atoms with van der Waals surface area (Å²) in [5, 5.41) is 3.39. The van der Waals surface area contributed by atoms with Crippen molar-refractivity contribution in [2.24, 2.45) is 5.92 Å². The highest BCUT2D eigenvalue weighted by Gasteiger charge is 2.30. The van der Waals surface area contributed by atoms with Crippen LogP contribution in [-0.4, -0.2) is 29.6 Å². The molecule has 1 amide bonds. The van der Waals surface area contributed by atoms with Gasteiger partial charge in [-0.15, -0.1) is 0 Å². The van der Waals surface area contributed by atoms with Gasteiger partial charge in [0.2, 0.25) is 0 Å². The zero-order chi connectivity index (χ0) is 21.0. The van der Waals surface area contributed by atoms with Gasteiger partial charge >= 0.3 is 0 Å². The number of rotatable bonds is 7. The molecule has 0 atom stereocenters. The van der Waals surface area contributed by atoms with Gasteiger partial charge in [0, 0.05) is 12.1 Å². The van der Waals surface area contributed by atoms with E-state index in [1.807, 2.05) is 26.0 Å². The average Bonchev–Trinajstić information content (AvgIpc) is 2.94. The molecule has 2 aromatic carbocycles. The van der Waals surface area contributed by atoms with Gasteiger partial charge in [-0.3, -0.25) is 9.69 Å². The Bertz CT molecular complexity index is 959. The van der Waals surface area contributed by atoms with Crippen LogP contribution in [0.4, 0.5) is 4.39 Å². The van der Waals surface area contributed by atoms with E-state index in [1.54, 1.807) is 42.4 Å². The van der Waals surface area contributed by atoms with E-state index in [9.17, 15) is 9.18 Å². The Balaban J connectivity index is 1.81. The molecule has 1 fully saturated rings. The van der Waals surface area contributed by atoms with Crippen molar-refractivity contribution in [1.29, 1.82) is 0 Å². The third kappa shape index (κ3) is 4.92. The van der Waals surface area contributed by atoms with Crippen molar-refractivity contribution in [2.75, 3.05) is 13.7 Å². The molecule has 0 radical (unpaired) electrons. The van der Waals surface area contributed by atoms with Crippen LogP contribution in [0.2, 0.25) is 0 Å². The van der Waals surface area contributed by atoms with Gasteiger partial charge in [0.15, 0.2) is 16.7 Å². The first-order valence-electron chi connectivity index (χ1n) is 9.28. The number of para-hydroxylation sites is 1. The number of carbonyl (C=O) groups is 1. The molecule has 7 heteroatoms. The highest BCUT2D eigenvalue weighted by Crippen LogP contribution is 2.25. The van der Waals surface area contributed by atoms with Gasteiger partial charge in [0.05, 0.1) is 7.11 Å². The van der Waals surface area contributed by atoms with Crippen LogP contribution in [0.15, 0.2) is 48.2 Å². The molecular weight excluding hydrogens is 391 g/mol. The van der Waals surface area contributed by atoms with Gasteiger partial charge in [-0.05, 0) is 54.0 Å². The number of amides is 1. The second-order valence-corrected chi connectivity index (χ2v) is 7.47. The number of halogens is 1. The van der Waals surface area contributed by atoms with E-state index in [0.717, 1.165) is 11.1 Å². The van der Waals surface area contributed by atoms with E-state index in [2.05, 4.69) is 5.32 Å². The number of nitrogens with one attached hydrogen (secondary N) is 1. The molecule has 0 bridgehead atoms. The first kappa shape index (κ1) is 20.8. The topological polar surface area (TPSA) is 50.8 Å². The van der Waals surface area contributed by atoms with Gasteiger partial charge in [-0.1, -0.05) is 32.0 Å². The van der Waals surface area contributed by atoms with Crippen LogP contribution in [0.25, 0.3) is 6.08 Å². The quantitative estimate of drug-likeness (QED) is 0.545. The highest BCUT2D eigenvalue weighted by atomic mass is 32.1. The molecule has 3 rings (SSSR count). The monoisotopic (exact) mass is 414 g/mol. The molecule has 1 heterocycles. The Kier molecular flexibility index (Phi) is 6.49. The normalized spacial score (nSPS) is 15.2. The summed E-state index contributed by atoms with van der Waals surface area (Å²) in [5.74, 6) is 0.515. The first-order valence-corrected chi connectivity index (χ1v) is 9.68. The number of methoxy groups -OCH3 is 1. The number of carbonyl (C=O) groups excluding carboxylic acids is 1. The molecule has 0 spiro atoms. The maximum Gasteiger partial charge on any atom is 0.276 e. The van der Waals surface area contributed by atoms with Crippen molar-refractivity contribution in [1.82, 2.24) is 10.2 Å². The lowest BCUT2D eigenvalue weighted by molar-refractivity contribution is -0.122. The molecule has 29 heavy (non-hydrogen) atoms. The molecule has 152 valence electrons. The minimum absolute atomic E-state index is 0.125. The van der Waals surface area contributed by atoms with Gasteiger partial charge in [0.1, 0.15) is 18.1 Å². The third-order valence-electron chi connectivity index (χ3n) is 4.35. The molecule has 1 N–H and O–H groups in total. The number of thiocarbonyl (C=S) groups is 1. The van der Waals surface area contributed by atoms with Crippen molar-refractivity contribution in [3.8, 4) is 11.5 Å². The lowest BCUT2D eigenvalue weighted by Gasteiger charge is -2.16. The molecule has 0 saturated carbocycles. The smallest absolute Gasteiger partial charge is 0.276 e. The minimum Gasteiger partial charge on any atom is -0.496 e. The maximum absolute atomic E-state index is 13.8. The minimum atomic E-state index is -0.427. The van der Waals surface area contributed by atoms with Crippen molar-refractivity contribution in [3.05, 3.63) is 65.1 Å². The summed E-state index contributed by atoms with van der Waals surface area (Å²) in [6.45, 7) is 4.75. The Morgan fingerprint density at radius 3 is 2.66 bits per heavy atom. The van der Waals surface area contributed by atoms with Crippen LogP contribution >= 0.6 is 12.2 Å². The van der Waals surface area contributed by atoms with Gasteiger partial charge in [-0.25, -0.2) is 4.39 Å². The van der Waals surface area contributed by atoms with Crippen LogP contribution in [0.3, 0.4) is 0 Å². The summed E-state index contributed by atoms with van der Waals surface area (Å²) in [6.07, 6.45) is 1.74. The lowest BCUT2D eigenvalue weighted by Crippen LogP contribution is -2.33. The standard InChI is InChI=1S/C22H23FN2O3S/c1-14(2)12-25-21(26)18(24-22(25)29)11-15-8-9-19(27-3)16(10-15)13-28-20-7-5-4-6-17(20)23/h4-11,14H,12-13H2,1-3H3,(H,24,29)/b18-11+. The largest absolute Gasteiger partial charge is 0.496 e. The molecule has 0 aromatic heterocycles. The number of benzene rings is 2. The molecule has 1 aliphatic rings. The highest BCUT2D eigenvalue weighted by molar-refractivity contribution is 7.80. The average molecular weight is 415 g/mol. The molecule has 2 aromatic rings. The van der Waals surface area contributed by atoms with Crippen LogP contribution in [0.5, 0.6) is 11.5 Å². The Morgan fingerprint density at radius 2 is 1.97 bits per heavy atom. The Morgan fingerprint density at radius 1 is 1.21 bits per heavy atom. The second kappa shape index (κ2) is 9.05. The number of nitrogens with zero attached hydrogens (tertiary/aromatic N) is 1. The predicted molar refractivity (Wildman–Crippen MR) is 114 cm³/mol. The lowest BCUT2D eigenvalue weighted by atomic mass is 10.1. The van der Waals surface area contributed by atoms with Gasteiger partial charge in [-0.2, -0.15) is 0 Å². The van der Waals surface area contributed by atoms with Gasteiger partial charge in [0.25, 0.3) is 5.91 Å². The van der Waals surface area contributed by atoms with Crippen LogP contribution in [0.1, 0.15) is 25.0 Å². The zero-order valence-electron chi connectivity index (χ0n) is 16.6. The van der Waals surface area contributed by atoms with E-state index in [0.29, 0.717) is 29.0 Å². The molecule has 0 unspecified atom stereocenters. The second-order valence-electron chi connectivity index (χ2n) is 7.09. The third-order valence-corrected chi connectivity index (χ3v) is 4.67. The van der Waals surface area contributed by atoms with Crippen molar-refractivity contribution in [2.45, 2.75) is 20.5 Å². The van der Waals surface area contributed by atoms with Crippen LogP contribution in [0, 0.1) is 11.7 Å². The molecule has 5 nitrogen and oxygen atoms in total. The van der Waals surface area contributed by atoms with Crippen LogP contribution in [-0.2, 0) is 11.4 Å². The van der Waals surface area contributed by atoms with E-state index < -0.39 is 5.82 Å². The summed E-state index contributed by atoms with van der Waals surface area (Å²) in [6, 6.07) is 11.7. The first-order chi connectivity index (χ1) is 13.9. The summed E-state index contributed by atoms with van der Waals surface area (Å²) in [4.78, 5) is 14.2.